The van der Waals surface area contributed by atoms with Crippen molar-refractivity contribution in [3.05, 3.63) is 155 Å². The molecule has 4 nitrogen and oxygen atoms in total. The third kappa shape index (κ3) is 7.00. The van der Waals surface area contributed by atoms with Gasteiger partial charge in [0.1, 0.15) is 38.9 Å². The fourth-order valence-corrected chi connectivity index (χ4v) is 5.58. The van der Waals surface area contributed by atoms with Gasteiger partial charge in [-0.25, -0.2) is 9.37 Å². The Morgan fingerprint density at radius 3 is 2.19 bits per heavy atom. The zero-order chi connectivity index (χ0) is 29.6. The van der Waals surface area contributed by atoms with Gasteiger partial charge in [-0.2, -0.15) is 0 Å². The van der Waals surface area contributed by atoms with Gasteiger partial charge < -0.3 is 10.1 Å². The second kappa shape index (κ2) is 13.0. The second-order valence-corrected chi connectivity index (χ2v) is 11.3. The summed E-state index contributed by atoms with van der Waals surface area (Å²) >= 11 is 7.66. The SMILES string of the molecule is Cc1cc(Oc2ccc(CN=C(Nc3sc(-c4ccc(F)cc4)nc3-c3ccccc3)c3ccccc3)cc2)ccc1Cl. The van der Waals surface area contributed by atoms with E-state index in [1.165, 1.54) is 23.5 Å². The lowest BCUT2D eigenvalue weighted by molar-refractivity contribution is 0.482. The number of aromatic nitrogens is 1. The Hall–Kier alpha value is -4.78. The predicted molar refractivity (Wildman–Crippen MR) is 176 cm³/mol. The largest absolute Gasteiger partial charge is 0.457 e. The highest BCUT2D eigenvalue weighted by Gasteiger charge is 2.17. The standard InChI is InChI=1S/C36H27ClFN3OS/c1-24-22-31(20-21-32(24)37)42-30-18-12-25(13-19-30)23-39-34(27-10-6-3-7-11-27)41-36-33(26-8-4-2-5-9-26)40-35(43-36)28-14-16-29(38)17-15-28/h2-22H,23H2,1H3,(H,39,41). The van der Waals surface area contributed by atoms with Crippen molar-refractivity contribution in [1.82, 2.24) is 4.98 Å². The first kappa shape index (κ1) is 28.3. The van der Waals surface area contributed by atoms with Gasteiger partial charge in [-0.1, -0.05) is 95.7 Å². The van der Waals surface area contributed by atoms with Crippen molar-refractivity contribution in [2.24, 2.45) is 4.99 Å². The Balaban J connectivity index is 1.29. The molecule has 0 fully saturated rings. The van der Waals surface area contributed by atoms with Crippen molar-refractivity contribution in [3.8, 4) is 33.3 Å². The minimum Gasteiger partial charge on any atom is -0.457 e. The van der Waals surface area contributed by atoms with Gasteiger partial charge >= 0.3 is 0 Å². The van der Waals surface area contributed by atoms with Crippen LogP contribution in [0.1, 0.15) is 16.7 Å². The minimum atomic E-state index is -0.278. The Kier molecular flexibility index (Phi) is 8.59. The monoisotopic (exact) mass is 603 g/mol. The number of hydrogen-bond acceptors (Lipinski definition) is 4. The van der Waals surface area contributed by atoms with Crippen molar-refractivity contribution in [2.45, 2.75) is 13.5 Å². The van der Waals surface area contributed by atoms with Crippen LogP contribution in [0.5, 0.6) is 11.5 Å². The number of halogens is 2. The predicted octanol–water partition coefficient (Wildman–Crippen LogP) is 10.4. The Labute approximate surface area is 259 Å². The van der Waals surface area contributed by atoms with Crippen molar-refractivity contribution in [3.63, 3.8) is 0 Å². The van der Waals surface area contributed by atoms with Crippen LogP contribution in [0.15, 0.2) is 132 Å². The van der Waals surface area contributed by atoms with Crippen LogP contribution >= 0.6 is 22.9 Å². The summed E-state index contributed by atoms with van der Waals surface area (Å²) in [5, 5.41) is 5.95. The van der Waals surface area contributed by atoms with Gasteiger partial charge in [0.2, 0.25) is 0 Å². The van der Waals surface area contributed by atoms with Gasteiger partial charge in [-0.15, -0.1) is 0 Å². The smallest absolute Gasteiger partial charge is 0.133 e. The van der Waals surface area contributed by atoms with Gasteiger partial charge in [0, 0.05) is 21.7 Å². The van der Waals surface area contributed by atoms with E-state index in [-0.39, 0.29) is 5.82 Å². The van der Waals surface area contributed by atoms with Gasteiger partial charge in [0.25, 0.3) is 0 Å². The Bertz CT molecular complexity index is 1860. The molecule has 0 saturated carbocycles. The van der Waals surface area contributed by atoms with Crippen LogP contribution < -0.4 is 10.1 Å². The van der Waals surface area contributed by atoms with Crippen LogP contribution in [0.25, 0.3) is 21.8 Å². The molecule has 0 aliphatic rings. The van der Waals surface area contributed by atoms with Crippen molar-refractivity contribution in [1.29, 1.82) is 0 Å². The lowest BCUT2D eigenvalue weighted by atomic mass is 10.1. The Morgan fingerprint density at radius 2 is 1.49 bits per heavy atom. The summed E-state index contributed by atoms with van der Waals surface area (Å²) in [5.41, 5.74) is 5.60. The first-order valence-electron chi connectivity index (χ1n) is 13.7. The highest BCUT2D eigenvalue weighted by atomic mass is 35.5. The third-order valence-electron chi connectivity index (χ3n) is 6.75. The molecule has 0 saturated heterocycles. The van der Waals surface area contributed by atoms with Gasteiger partial charge in [0.05, 0.1) is 6.54 Å². The molecule has 0 spiro atoms. The third-order valence-corrected chi connectivity index (χ3v) is 8.20. The fraction of sp³-hybridized carbons (Fsp3) is 0.0556. The number of aryl methyl sites for hydroxylation is 1. The number of amidine groups is 1. The molecule has 0 bridgehead atoms. The highest BCUT2D eigenvalue weighted by Crippen LogP contribution is 2.38. The number of nitrogens with one attached hydrogen (secondary N) is 1. The molecule has 212 valence electrons. The first-order chi connectivity index (χ1) is 21.0. The average Bonchev–Trinajstić information content (AvgIpc) is 3.47. The Morgan fingerprint density at radius 1 is 0.814 bits per heavy atom. The number of thiazole rings is 1. The van der Waals surface area contributed by atoms with E-state index in [1.54, 1.807) is 12.1 Å². The number of benzene rings is 5. The summed E-state index contributed by atoms with van der Waals surface area (Å²) in [6, 6.07) is 40.0. The molecule has 5 aromatic carbocycles. The maximum atomic E-state index is 13.6. The maximum Gasteiger partial charge on any atom is 0.133 e. The topological polar surface area (TPSA) is 46.5 Å². The summed E-state index contributed by atoms with van der Waals surface area (Å²) in [4.78, 5) is 9.96. The van der Waals surface area contributed by atoms with E-state index in [4.69, 9.17) is 26.3 Å². The molecule has 0 aliphatic carbocycles. The van der Waals surface area contributed by atoms with Crippen LogP contribution in [0.3, 0.4) is 0 Å². The van der Waals surface area contributed by atoms with Crippen molar-refractivity contribution in [2.75, 3.05) is 5.32 Å². The van der Waals surface area contributed by atoms with E-state index in [0.717, 1.165) is 60.9 Å². The second-order valence-electron chi connectivity index (χ2n) is 9.88. The molecular weight excluding hydrogens is 577 g/mol. The van der Waals surface area contributed by atoms with Crippen LogP contribution in [0, 0.1) is 12.7 Å². The molecule has 0 amide bonds. The number of aliphatic imine (C=N–C) groups is 1. The number of rotatable bonds is 8. The normalized spacial score (nSPS) is 11.4. The van der Waals surface area contributed by atoms with Gasteiger partial charge in [-0.3, -0.25) is 4.99 Å². The lowest BCUT2D eigenvalue weighted by Crippen LogP contribution is -2.14. The van der Waals surface area contributed by atoms with E-state index in [2.05, 4.69) is 5.32 Å². The molecule has 1 aromatic heterocycles. The van der Waals surface area contributed by atoms with Crippen LogP contribution in [0.4, 0.5) is 9.39 Å². The average molecular weight is 604 g/mol. The number of nitrogens with zero attached hydrogens (tertiary/aromatic N) is 2. The molecule has 6 rings (SSSR count). The zero-order valence-electron chi connectivity index (χ0n) is 23.3. The van der Waals surface area contributed by atoms with Crippen LogP contribution in [0.2, 0.25) is 5.02 Å². The quantitative estimate of drug-likeness (QED) is 0.139. The maximum absolute atomic E-state index is 13.6. The zero-order valence-corrected chi connectivity index (χ0v) is 24.9. The molecule has 0 unspecified atom stereocenters. The minimum absolute atomic E-state index is 0.278. The van der Waals surface area contributed by atoms with E-state index in [1.807, 2.05) is 110 Å². The molecule has 0 aliphatic heterocycles. The molecule has 43 heavy (non-hydrogen) atoms. The molecule has 1 heterocycles. The van der Waals surface area contributed by atoms with Crippen LogP contribution in [-0.2, 0) is 6.54 Å². The highest BCUT2D eigenvalue weighted by molar-refractivity contribution is 7.19. The lowest BCUT2D eigenvalue weighted by Gasteiger charge is -2.11. The summed E-state index contributed by atoms with van der Waals surface area (Å²) in [7, 11) is 0. The van der Waals surface area contributed by atoms with Gasteiger partial charge in [-0.05, 0) is 72.6 Å². The summed E-state index contributed by atoms with van der Waals surface area (Å²) in [6.45, 7) is 2.41. The van der Waals surface area contributed by atoms with Gasteiger partial charge in [0.15, 0.2) is 0 Å². The molecular formula is C36H27ClFN3OS. The summed E-state index contributed by atoms with van der Waals surface area (Å²) < 4.78 is 19.6. The summed E-state index contributed by atoms with van der Waals surface area (Å²) in [6.07, 6.45) is 0. The molecule has 1 N–H and O–H groups in total. The van der Waals surface area contributed by atoms with Crippen molar-refractivity contribution < 1.29 is 9.13 Å². The van der Waals surface area contributed by atoms with E-state index < -0.39 is 0 Å². The first-order valence-corrected chi connectivity index (χ1v) is 14.9. The van der Waals surface area contributed by atoms with E-state index >= 15 is 0 Å². The van der Waals surface area contributed by atoms with E-state index in [9.17, 15) is 4.39 Å². The van der Waals surface area contributed by atoms with E-state index in [0.29, 0.717) is 11.6 Å². The van der Waals surface area contributed by atoms with Crippen molar-refractivity contribution >= 4 is 33.8 Å². The molecule has 7 heteroatoms. The number of ether oxygens (including phenoxy) is 1. The molecule has 0 atom stereocenters. The molecule has 6 aromatic rings. The summed E-state index contributed by atoms with van der Waals surface area (Å²) in [5.74, 6) is 1.92. The fourth-order valence-electron chi connectivity index (χ4n) is 4.47. The molecule has 0 radical (unpaired) electrons. The number of anilines is 1. The number of hydrogen-bond donors (Lipinski definition) is 1. The van der Waals surface area contributed by atoms with Crippen LogP contribution in [-0.4, -0.2) is 10.8 Å².